The molecule has 0 aromatic heterocycles. The summed E-state index contributed by atoms with van der Waals surface area (Å²) in [5.74, 6) is -2.41. The number of hydrogen-bond donors (Lipinski definition) is 2. The first-order chi connectivity index (χ1) is 8.55. The lowest BCUT2D eigenvalue weighted by Gasteiger charge is -2.30. The van der Waals surface area contributed by atoms with Gasteiger partial charge in [-0.25, -0.2) is 8.78 Å². The summed E-state index contributed by atoms with van der Waals surface area (Å²) >= 11 is 0. The molecule has 0 atom stereocenters. The Morgan fingerprint density at radius 3 is 2.44 bits per heavy atom. The molecule has 0 bridgehead atoms. The van der Waals surface area contributed by atoms with Crippen LogP contribution in [0.15, 0.2) is 6.07 Å². The molecule has 0 saturated heterocycles. The fourth-order valence-corrected chi connectivity index (χ4v) is 2.89. The highest BCUT2D eigenvalue weighted by molar-refractivity contribution is 5.51. The van der Waals surface area contributed by atoms with E-state index in [4.69, 9.17) is 10.5 Å². The number of ether oxygens (including phenoxy) is 1. The number of phenolic OH excluding ortho intramolecular Hbond substituents is 1. The number of methoxy groups -OCH3 is 1. The summed E-state index contributed by atoms with van der Waals surface area (Å²) in [7, 11) is 1.30. The average molecular weight is 257 g/mol. The molecule has 0 radical (unpaired) electrons. The number of phenols is 1. The van der Waals surface area contributed by atoms with Gasteiger partial charge in [-0.2, -0.15) is 0 Å². The van der Waals surface area contributed by atoms with Gasteiger partial charge in [0.05, 0.1) is 7.11 Å². The Morgan fingerprint density at radius 2 is 1.94 bits per heavy atom. The first kappa shape index (κ1) is 13.1. The zero-order valence-electron chi connectivity index (χ0n) is 10.3. The van der Waals surface area contributed by atoms with Crippen molar-refractivity contribution in [1.82, 2.24) is 0 Å². The zero-order valence-corrected chi connectivity index (χ0v) is 10.3. The molecule has 0 aliphatic heterocycles. The Hall–Kier alpha value is -1.36. The van der Waals surface area contributed by atoms with E-state index in [-0.39, 0.29) is 17.9 Å². The van der Waals surface area contributed by atoms with E-state index < -0.39 is 22.8 Å². The molecule has 0 amide bonds. The van der Waals surface area contributed by atoms with E-state index in [9.17, 15) is 13.9 Å². The fourth-order valence-electron chi connectivity index (χ4n) is 2.89. The van der Waals surface area contributed by atoms with Crippen LogP contribution < -0.4 is 10.5 Å². The van der Waals surface area contributed by atoms with Crippen molar-refractivity contribution in [1.29, 1.82) is 0 Å². The van der Waals surface area contributed by atoms with Crippen molar-refractivity contribution in [2.24, 2.45) is 5.73 Å². The maximum atomic E-state index is 13.7. The highest BCUT2D eigenvalue weighted by atomic mass is 19.1. The van der Waals surface area contributed by atoms with Crippen LogP contribution >= 0.6 is 0 Å². The third kappa shape index (κ3) is 1.82. The minimum atomic E-state index is -0.969. The van der Waals surface area contributed by atoms with Crippen LogP contribution in [0.5, 0.6) is 11.5 Å². The molecular formula is C13H17F2NO2. The SMILES string of the molecule is COc1c(F)cc(F)c(O)c1C1(CN)CCCC1. The molecule has 5 heteroatoms. The van der Waals surface area contributed by atoms with Gasteiger partial charge in [0.25, 0.3) is 0 Å². The van der Waals surface area contributed by atoms with Crippen molar-refractivity contribution in [3.05, 3.63) is 23.3 Å². The molecule has 1 aliphatic carbocycles. The normalized spacial score (nSPS) is 18.0. The topological polar surface area (TPSA) is 55.5 Å². The summed E-state index contributed by atoms with van der Waals surface area (Å²) in [5.41, 5.74) is 5.38. The first-order valence-electron chi connectivity index (χ1n) is 6.01. The van der Waals surface area contributed by atoms with Crippen molar-refractivity contribution in [2.45, 2.75) is 31.1 Å². The minimum absolute atomic E-state index is 0.0961. The fraction of sp³-hybridized carbons (Fsp3) is 0.538. The number of benzene rings is 1. The molecule has 1 saturated carbocycles. The molecule has 0 heterocycles. The predicted molar refractivity (Wildman–Crippen MR) is 63.8 cm³/mol. The molecular weight excluding hydrogens is 240 g/mol. The summed E-state index contributed by atoms with van der Waals surface area (Å²) in [6.07, 6.45) is 3.27. The molecule has 0 unspecified atom stereocenters. The lowest BCUT2D eigenvalue weighted by molar-refractivity contribution is 0.329. The van der Waals surface area contributed by atoms with Crippen LogP contribution in [-0.2, 0) is 5.41 Å². The monoisotopic (exact) mass is 257 g/mol. The molecule has 3 nitrogen and oxygen atoms in total. The van der Waals surface area contributed by atoms with E-state index >= 15 is 0 Å². The smallest absolute Gasteiger partial charge is 0.168 e. The second-order valence-electron chi connectivity index (χ2n) is 4.79. The predicted octanol–water partition coefficient (Wildman–Crippen LogP) is 2.45. The van der Waals surface area contributed by atoms with Gasteiger partial charge in [-0.3, -0.25) is 0 Å². The van der Waals surface area contributed by atoms with Crippen LogP contribution in [0.4, 0.5) is 8.78 Å². The maximum Gasteiger partial charge on any atom is 0.168 e. The summed E-state index contributed by atoms with van der Waals surface area (Å²) in [6.45, 7) is 0.236. The lowest BCUT2D eigenvalue weighted by Crippen LogP contribution is -2.33. The molecule has 18 heavy (non-hydrogen) atoms. The Balaban J connectivity index is 2.67. The van der Waals surface area contributed by atoms with Crippen LogP contribution in [0.3, 0.4) is 0 Å². The van der Waals surface area contributed by atoms with Gasteiger partial charge in [0.2, 0.25) is 0 Å². The van der Waals surface area contributed by atoms with Crippen molar-refractivity contribution in [3.63, 3.8) is 0 Å². The third-order valence-electron chi connectivity index (χ3n) is 3.85. The Bertz CT molecular complexity index is 457. The number of rotatable bonds is 3. The Labute approximate surface area is 105 Å². The van der Waals surface area contributed by atoms with Gasteiger partial charge in [0.15, 0.2) is 23.1 Å². The van der Waals surface area contributed by atoms with E-state index in [1.165, 1.54) is 7.11 Å². The van der Waals surface area contributed by atoms with Gasteiger partial charge >= 0.3 is 0 Å². The van der Waals surface area contributed by atoms with Gasteiger partial charge in [-0.15, -0.1) is 0 Å². The van der Waals surface area contributed by atoms with Gasteiger partial charge in [-0.05, 0) is 12.8 Å². The summed E-state index contributed by atoms with van der Waals surface area (Å²) in [6, 6.07) is 0.636. The number of hydrogen-bond acceptors (Lipinski definition) is 3. The number of halogens is 2. The largest absolute Gasteiger partial charge is 0.505 e. The lowest BCUT2D eigenvalue weighted by atomic mass is 9.77. The quantitative estimate of drug-likeness (QED) is 0.874. The number of aromatic hydroxyl groups is 1. The van der Waals surface area contributed by atoms with Gasteiger partial charge < -0.3 is 15.6 Å². The third-order valence-corrected chi connectivity index (χ3v) is 3.85. The molecule has 1 fully saturated rings. The zero-order chi connectivity index (χ0) is 13.3. The van der Waals surface area contributed by atoms with Crippen molar-refractivity contribution >= 4 is 0 Å². The summed E-state index contributed by atoms with van der Waals surface area (Å²) in [4.78, 5) is 0. The van der Waals surface area contributed by atoms with E-state index in [1.54, 1.807) is 0 Å². The van der Waals surface area contributed by atoms with Crippen LogP contribution in [0.25, 0.3) is 0 Å². The molecule has 3 N–H and O–H groups in total. The van der Waals surface area contributed by atoms with Crippen LogP contribution in [0.2, 0.25) is 0 Å². The van der Waals surface area contributed by atoms with Gasteiger partial charge in [-0.1, -0.05) is 12.8 Å². The average Bonchev–Trinajstić information content (AvgIpc) is 2.83. The van der Waals surface area contributed by atoms with Crippen molar-refractivity contribution in [2.75, 3.05) is 13.7 Å². The summed E-state index contributed by atoms with van der Waals surface area (Å²) in [5, 5.41) is 9.91. The second kappa shape index (κ2) is 4.72. The van der Waals surface area contributed by atoms with Gasteiger partial charge in [0.1, 0.15) is 0 Å². The van der Waals surface area contributed by atoms with Crippen molar-refractivity contribution in [3.8, 4) is 11.5 Å². The van der Waals surface area contributed by atoms with Gasteiger partial charge in [0, 0.05) is 23.6 Å². The van der Waals surface area contributed by atoms with Crippen molar-refractivity contribution < 1.29 is 18.6 Å². The first-order valence-corrected chi connectivity index (χ1v) is 6.01. The molecule has 100 valence electrons. The second-order valence-corrected chi connectivity index (χ2v) is 4.79. The standard InChI is InChI=1S/C13H17F2NO2/c1-18-12-9(15)6-8(14)11(17)10(12)13(7-16)4-2-3-5-13/h6,17H,2-5,7,16H2,1H3. The minimum Gasteiger partial charge on any atom is -0.505 e. The summed E-state index contributed by atoms with van der Waals surface area (Å²) < 4.78 is 32.3. The van der Waals surface area contributed by atoms with Crippen LogP contribution in [-0.4, -0.2) is 18.8 Å². The Kier molecular flexibility index (Phi) is 3.43. The highest BCUT2D eigenvalue weighted by Crippen LogP contribution is 2.49. The molecule has 1 aliphatic rings. The van der Waals surface area contributed by atoms with Crippen LogP contribution in [0.1, 0.15) is 31.2 Å². The van der Waals surface area contributed by atoms with E-state index in [1.807, 2.05) is 0 Å². The maximum absolute atomic E-state index is 13.7. The molecule has 1 aromatic carbocycles. The molecule has 0 spiro atoms. The van der Waals surface area contributed by atoms with E-state index in [0.717, 1.165) is 12.8 Å². The van der Waals surface area contributed by atoms with E-state index in [2.05, 4.69) is 0 Å². The molecule has 2 rings (SSSR count). The highest BCUT2D eigenvalue weighted by Gasteiger charge is 2.40. The van der Waals surface area contributed by atoms with Crippen LogP contribution in [0, 0.1) is 11.6 Å². The molecule has 1 aromatic rings. The number of nitrogens with two attached hydrogens (primary N) is 1. The Morgan fingerprint density at radius 1 is 1.33 bits per heavy atom. The van der Waals surface area contributed by atoms with E-state index in [0.29, 0.717) is 18.9 Å².